The maximum atomic E-state index is 13.2. The van der Waals surface area contributed by atoms with Crippen molar-refractivity contribution >= 4 is 5.91 Å². The van der Waals surface area contributed by atoms with Gasteiger partial charge in [0.2, 0.25) is 0 Å². The van der Waals surface area contributed by atoms with Gasteiger partial charge in [0.1, 0.15) is 0 Å². The molecule has 0 aliphatic carbocycles. The van der Waals surface area contributed by atoms with E-state index >= 15 is 0 Å². The molecule has 1 aliphatic rings. The summed E-state index contributed by atoms with van der Waals surface area (Å²) >= 11 is 0. The van der Waals surface area contributed by atoms with Crippen LogP contribution in [-0.4, -0.2) is 57.1 Å². The van der Waals surface area contributed by atoms with Crippen LogP contribution in [0.15, 0.2) is 30.5 Å². The van der Waals surface area contributed by atoms with Gasteiger partial charge in [0, 0.05) is 19.6 Å². The summed E-state index contributed by atoms with van der Waals surface area (Å²) in [6.45, 7) is 1.37. The van der Waals surface area contributed by atoms with Crippen LogP contribution in [0.2, 0.25) is 0 Å². The summed E-state index contributed by atoms with van der Waals surface area (Å²) in [4.78, 5) is 13.8. The SMILES string of the molecule is O=C(NCCO)c1cn(C2CCCN(Cc3ccccc3C(F)(F)F)C2)nn1. The Kier molecular flexibility index (Phi) is 6.30. The lowest BCUT2D eigenvalue weighted by Crippen LogP contribution is -2.36. The third-order valence-electron chi connectivity index (χ3n) is 4.71. The quantitative estimate of drug-likeness (QED) is 0.778. The van der Waals surface area contributed by atoms with Gasteiger partial charge < -0.3 is 10.4 Å². The molecule has 0 bridgehead atoms. The molecular weight excluding hydrogens is 375 g/mol. The predicted octanol–water partition coefficient (Wildman–Crippen LogP) is 1.86. The van der Waals surface area contributed by atoms with Crippen LogP contribution in [0, 0.1) is 0 Å². The number of halogens is 3. The molecular formula is C18H22F3N5O2. The number of aliphatic hydroxyl groups is 1. The maximum absolute atomic E-state index is 13.2. The van der Waals surface area contributed by atoms with Gasteiger partial charge in [0.05, 0.1) is 24.4 Å². The molecule has 0 radical (unpaired) electrons. The maximum Gasteiger partial charge on any atom is 0.416 e. The number of piperidine rings is 1. The average molecular weight is 397 g/mol. The zero-order valence-electron chi connectivity index (χ0n) is 15.2. The molecule has 0 spiro atoms. The van der Waals surface area contributed by atoms with Gasteiger partial charge in [-0.05, 0) is 31.0 Å². The number of alkyl halides is 3. The lowest BCUT2D eigenvalue weighted by molar-refractivity contribution is -0.138. The second kappa shape index (κ2) is 8.70. The Balaban J connectivity index is 1.67. The number of carbonyl (C=O) groups excluding carboxylic acids is 1. The Hall–Kier alpha value is -2.46. The number of nitrogens with one attached hydrogen (secondary N) is 1. The van der Waals surface area contributed by atoms with Crippen molar-refractivity contribution in [2.45, 2.75) is 31.6 Å². The van der Waals surface area contributed by atoms with E-state index in [9.17, 15) is 18.0 Å². The van der Waals surface area contributed by atoms with Crippen LogP contribution in [0.5, 0.6) is 0 Å². The molecule has 2 N–H and O–H groups in total. The van der Waals surface area contributed by atoms with Gasteiger partial charge in [0.15, 0.2) is 5.69 Å². The molecule has 2 aromatic rings. The van der Waals surface area contributed by atoms with Gasteiger partial charge in [-0.2, -0.15) is 13.2 Å². The van der Waals surface area contributed by atoms with Crippen molar-refractivity contribution in [2.24, 2.45) is 0 Å². The zero-order chi connectivity index (χ0) is 20.1. The van der Waals surface area contributed by atoms with Crippen LogP contribution >= 0.6 is 0 Å². The van der Waals surface area contributed by atoms with Crippen LogP contribution in [0.4, 0.5) is 13.2 Å². The number of aromatic nitrogens is 3. The standard InChI is InChI=1S/C18H22F3N5O2/c19-18(20,21)15-6-2-1-4-13(15)10-25-8-3-5-14(11-25)26-12-16(23-24-26)17(28)22-7-9-27/h1-2,4,6,12,14,27H,3,5,7-11H2,(H,22,28). The fourth-order valence-electron chi connectivity index (χ4n) is 3.39. The molecule has 1 fully saturated rings. The van der Waals surface area contributed by atoms with E-state index in [0.717, 1.165) is 18.9 Å². The fraction of sp³-hybridized carbons (Fsp3) is 0.500. The number of likely N-dealkylation sites (tertiary alicyclic amines) is 1. The Bertz CT molecular complexity index is 809. The number of carbonyl (C=O) groups is 1. The molecule has 1 unspecified atom stereocenters. The van der Waals surface area contributed by atoms with E-state index in [1.807, 2.05) is 4.90 Å². The van der Waals surface area contributed by atoms with E-state index in [0.29, 0.717) is 13.1 Å². The number of hydrogen-bond acceptors (Lipinski definition) is 5. The Morgan fingerprint density at radius 3 is 2.86 bits per heavy atom. The lowest BCUT2D eigenvalue weighted by Gasteiger charge is -2.33. The van der Waals surface area contributed by atoms with Crippen molar-refractivity contribution in [3.05, 3.63) is 47.3 Å². The Labute approximate surface area is 160 Å². The van der Waals surface area contributed by atoms with Crippen LogP contribution in [0.25, 0.3) is 0 Å². The van der Waals surface area contributed by atoms with E-state index in [4.69, 9.17) is 5.11 Å². The highest BCUT2D eigenvalue weighted by Crippen LogP contribution is 2.33. The normalized spacial score (nSPS) is 18.2. The number of aliphatic hydroxyl groups excluding tert-OH is 1. The average Bonchev–Trinajstić information content (AvgIpc) is 3.16. The van der Waals surface area contributed by atoms with Gasteiger partial charge in [-0.25, -0.2) is 4.68 Å². The highest BCUT2D eigenvalue weighted by Gasteiger charge is 2.33. The summed E-state index contributed by atoms with van der Waals surface area (Å²) in [5.41, 5.74) is -0.216. The van der Waals surface area contributed by atoms with Crippen LogP contribution < -0.4 is 5.32 Å². The number of hydrogen-bond donors (Lipinski definition) is 2. The first-order valence-corrected chi connectivity index (χ1v) is 9.07. The van der Waals surface area contributed by atoms with Gasteiger partial charge in [-0.1, -0.05) is 23.4 Å². The van der Waals surface area contributed by atoms with Gasteiger partial charge >= 0.3 is 6.18 Å². The Morgan fingerprint density at radius 1 is 1.32 bits per heavy atom. The van der Waals surface area contributed by atoms with Crippen molar-refractivity contribution < 1.29 is 23.1 Å². The number of amides is 1. The zero-order valence-corrected chi connectivity index (χ0v) is 15.2. The van der Waals surface area contributed by atoms with Gasteiger partial charge in [-0.15, -0.1) is 5.10 Å². The molecule has 1 aromatic carbocycles. The van der Waals surface area contributed by atoms with E-state index in [-0.39, 0.29) is 37.0 Å². The summed E-state index contributed by atoms with van der Waals surface area (Å²) in [5.74, 6) is -0.424. The second-order valence-electron chi connectivity index (χ2n) is 6.75. The molecule has 3 rings (SSSR count). The summed E-state index contributed by atoms with van der Waals surface area (Å²) < 4.78 is 41.2. The summed E-state index contributed by atoms with van der Waals surface area (Å²) in [7, 11) is 0. The molecule has 2 heterocycles. The monoisotopic (exact) mass is 397 g/mol. The van der Waals surface area contributed by atoms with Crippen LogP contribution in [0.1, 0.15) is 40.5 Å². The second-order valence-corrected chi connectivity index (χ2v) is 6.75. The highest BCUT2D eigenvalue weighted by molar-refractivity contribution is 5.91. The summed E-state index contributed by atoms with van der Waals surface area (Å²) in [6, 6.07) is 5.54. The van der Waals surface area contributed by atoms with Crippen molar-refractivity contribution in [1.82, 2.24) is 25.2 Å². The van der Waals surface area contributed by atoms with Gasteiger partial charge in [-0.3, -0.25) is 9.69 Å². The molecule has 1 aromatic heterocycles. The molecule has 1 atom stereocenters. The predicted molar refractivity (Wildman–Crippen MR) is 94.4 cm³/mol. The molecule has 10 heteroatoms. The minimum Gasteiger partial charge on any atom is -0.395 e. The fourth-order valence-corrected chi connectivity index (χ4v) is 3.39. The van der Waals surface area contributed by atoms with E-state index in [1.54, 1.807) is 10.7 Å². The summed E-state index contributed by atoms with van der Waals surface area (Å²) in [6.07, 6.45) is -1.23. The molecule has 7 nitrogen and oxygen atoms in total. The third kappa shape index (κ3) is 4.87. The number of nitrogens with zero attached hydrogens (tertiary/aromatic N) is 4. The largest absolute Gasteiger partial charge is 0.416 e. The topological polar surface area (TPSA) is 83.3 Å². The van der Waals surface area contributed by atoms with Crippen molar-refractivity contribution in [2.75, 3.05) is 26.2 Å². The van der Waals surface area contributed by atoms with Crippen LogP contribution in [0.3, 0.4) is 0 Å². The van der Waals surface area contributed by atoms with Crippen molar-refractivity contribution in [3.63, 3.8) is 0 Å². The first kappa shape index (κ1) is 20.3. The first-order chi connectivity index (χ1) is 13.4. The summed E-state index contributed by atoms with van der Waals surface area (Å²) in [5, 5.41) is 19.1. The molecule has 1 aliphatic heterocycles. The molecule has 1 saturated heterocycles. The highest BCUT2D eigenvalue weighted by atomic mass is 19.4. The van der Waals surface area contributed by atoms with E-state index in [2.05, 4.69) is 15.6 Å². The van der Waals surface area contributed by atoms with Crippen molar-refractivity contribution in [1.29, 1.82) is 0 Å². The van der Waals surface area contributed by atoms with Crippen molar-refractivity contribution in [3.8, 4) is 0 Å². The molecule has 0 saturated carbocycles. The molecule has 28 heavy (non-hydrogen) atoms. The van der Waals surface area contributed by atoms with E-state index in [1.165, 1.54) is 18.3 Å². The molecule has 152 valence electrons. The Morgan fingerprint density at radius 2 is 2.11 bits per heavy atom. The third-order valence-corrected chi connectivity index (χ3v) is 4.71. The first-order valence-electron chi connectivity index (χ1n) is 9.07. The van der Waals surface area contributed by atoms with E-state index < -0.39 is 17.6 Å². The smallest absolute Gasteiger partial charge is 0.395 e. The minimum atomic E-state index is -4.38. The minimum absolute atomic E-state index is 0.0707. The lowest BCUT2D eigenvalue weighted by atomic mass is 10.0. The van der Waals surface area contributed by atoms with Crippen LogP contribution in [-0.2, 0) is 12.7 Å². The molecule has 1 amide bonds. The van der Waals surface area contributed by atoms with Gasteiger partial charge in [0.25, 0.3) is 5.91 Å². The number of rotatable bonds is 6. The number of benzene rings is 1.